The fourth-order valence-electron chi connectivity index (χ4n) is 3.18. The summed E-state index contributed by atoms with van der Waals surface area (Å²) in [6.07, 6.45) is 4.23. The monoisotopic (exact) mass is 260 g/mol. The maximum atomic E-state index is 12.0. The highest BCUT2D eigenvalue weighted by atomic mass is 16.5. The van der Waals surface area contributed by atoms with Gasteiger partial charge in [-0.15, -0.1) is 10.3 Å². The summed E-state index contributed by atoms with van der Waals surface area (Å²) in [5.74, 6) is -0.275. The third-order valence-corrected chi connectivity index (χ3v) is 4.15. The molecule has 3 rings (SSSR count). The van der Waals surface area contributed by atoms with Crippen LogP contribution in [0.5, 0.6) is 0 Å². The average molecular weight is 260 g/mol. The van der Waals surface area contributed by atoms with Crippen LogP contribution in [0.2, 0.25) is 0 Å². The minimum absolute atomic E-state index is 0.0427. The van der Waals surface area contributed by atoms with Crippen LogP contribution in [0.4, 0.5) is 0 Å². The first-order chi connectivity index (χ1) is 9.24. The molecule has 1 aromatic rings. The molecule has 2 bridgehead atoms. The Morgan fingerprint density at radius 1 is 1.11 bits per heavy atom. The van der Waals surface area contributed by atoms with Gasteiger partial charge in [0.2, 0.25) is 0 Å². The Kier molecular flexibility index (Phi) is 3.53. The largest absolute Gasteiger partial charge is 0.459 e. The van der Waals surface area contributed by atoms with Gasteiger partial charge in [-0.3, -0.25) is 0 Å². The maximum Gasteiger partial charge on any atom is 0.338 e. The second kappa shape index (κ2) is 5.31. The van der Waals surface area contributed by atoms with Gasteiger partial charge in [0.15, 0.2) is 0 Å². The van der Waals surface area contributed by atoms with Gasteiger partial charge in [0.25, 0.3) is 0 Å². The number of hydroxylamine groups is 2. The normalized spacial score (nSPS) is 30.9. The lowest BCUT2D eigenvalue weighted by molar-refractivity contribution is -0.255. The predicted octanol–water partition coefficient (Wildman–Crippen LogP) is 2.57. The molecule has 0 aliphatic carbocycles. The van der Waals surface area contributed by atoms with Crippen LogP contribution < -0.4 is 0 Å². The third kappa shape index (κ3) is 2.65. The molecule has 2 heterocycles. The molecule has 2 aliphatic rings. The Morgan fingerprint density at radius 3 is 2.37 bits per heavy atom. The molecule has 0 aromatic heterocycles. The number of hydrogen-bond acceptors (Lipinski definition) is 3. The van der Waals surface area contributed by atoms with Gasteiger partial charge in [-0.2, -0.15) is 0 Å². The van der Waals surface area contributed by atoms with Crippen LogP contribution in [0.1, 0.15) is 42.5 Å². The number of hydrogen-bond donors (Lipinski definition) is 0. The van der Waals surface area contributed by atoms with E-state index < -0.39 is 0 Å². The number of benzene rings is 1. The van der Waals surface area contributed by atoms with Crippen LogP contribution in [0.15, 0.2) is 30.3 Å². The van der Waals surface area contributed by atoms with Crippen LogP contribution in [-0.2, 0) is 9.94 Å². The van der Waals surface area contributed by atoms with Crippen LogP contribution >= 0.6 is 0 Å². The highest BCUT2D eigenvalue weighted by Crippen LogP contribution is 2.34. The zero-order valence-corrected chi connectivity index (χ0v) is 10.8. The second-order valence-corrected chi connectivity index (χ2v) is 5.46. The number of ether oxygens (including phenoxy) is 1. The fourth-order valence-corrected chi connectivity index (χ4v) is 3.18. The Balaban J connectivity index is 1.63. The molecule has 0 spiro atoms. The summed E-state index contributed by atoms with van der Waals surface area (Å²) in [6, 6.07) is 9.12. The molecule has 101 valence electrons. The first kappa shape index (κ1) is 12.6. The summed E-state index contributed by atoms with van der Waals surface area (Å²) in [7, 11) is 0. The average Bonchev–Trinajstić information content (AvgIpc) is 2.41. The number of carbonyl (C=O) groups excluding carboxylic acids is 1. The van der Waals surface area contributed by atoms with Crippen molar-refractivity contribution in [3.63, 3.8) is 0 Å². The van der Waals surface area contributed by atoms with Crippen LogP contribution in [-0.4, -0.2) is 29.2 Å². The third-order valence-electron chi connectivity index (χ3n) is 4.15. The lowest BCUT2D eigenvalue weighted by Gasteiger charge is -2.43. The van der Waals surface area contributed by atoms with Crippen molar-refractivity contribution < 1.29 is 14.7 Å². The molecule has 4 nitrogen and oxygen atoms in total. The molecule has 0 N–H and O–H groups in total. The van der Waals surface area contributed by atoms with Crippen molar-refractivity contribution in [3.05, 3.63) is 35.9 Å². The van der Waals surface area contributed by atoms with Crippen molar-refractivity contribution in [2.75, 3.05) is 0 Å². The zero-order valence-electron chi connectivity index (χ0n) is 10.8. The minimum Gasteiger partial charge on any atom is -0.459 e. The van der Waals surface area contributed by atoms with E-state index in [9.17, 15) is 10.0 Å². The molecule has 1 aromatic carbocycles. The van der Waals surface area contributed by atoms with E-state index in [1.165, 1.54) is 5.06 Å². The van der Waals surface area contributed by atoms with E-state index in [-0.39, 0.29) is 24.2 Å². The fraction of sp³-hybridized carbons (Fsp3) is 0.533. The number of carbonyl (C=O) groups is 1. The molecule has 2 atom stereocenters. The molecule has 2 fully saturated rings. The van der Waals surface area contributed by atoms with Gasteiger partial charge >= 0.3 is 5.97 Å². The number of nitrogens with zero attached hydrogens (tertiary/aromatic N) is 1. The Morgan fingerprint density at radius 2 is 1.74 bits per heavy atom. The maximum absolute atomic E-state index is 12.0. The lowest BCUT2D eigenvalue weighted by Crippen LogP contribution is -2.51. The van der Waals surface area contributed by atoms with E-state index >= 15 is 0 Å². The van der Waals surface area contributed by atoms with Crippen LogP contribution in [0, 0.1) is 0 Å². The summed E-state index contributed by atoms with van der Waals surface area (Å²) in [5, 5.41) is 13.1. The highest BCUT2D eigenvalue weighted by Gasteiger charge is 2.40. The molecule has 2 saturated heterocycles. The van der Waals surface area contributed by atoms with E-state index in [2.05, 4.69) is 0 Å². The summed E-state index contributed by atoms with van der Waals surface area (Å²) in [6.45, 7) is 0. The van der Waals surface area contributed by atoms with Crippen molar-refractivity contribution >= 4 is 5.97 Å². The standard InChI is InChI=1S/C15H18NO3/c17-15(11-5-2-1-3-6-11)19-14-9-12-7-4-8-13(10-14)16(12)18/h1-3,5-6,12-14H,4,7-10H2. The quantitative estimate of drug-likeness (QED) is 0.768. The number of esters is 1. The molecule has 19 heavy (non-hydrogen) atoms. The lowest BCUT2D eigenvalue weighted by atomic mass is 9.85. The van der Waals surface area contributed by atoms with Gasteiger partial charge in [-0.1, -0.05) is 24.6 Å². The zero-order chi connectivity index (χ0) is 13.2. The van der Waals surface area contributed by atoms with E-state index in [0.717, 1.165) is 19.3 Å². The Bertz CT molecular complexity index is 434. The van der Waals surface area contributed by atoms with Crippen molar-refractivity contribution in [2.24, 2.45) is 0 Å². The van der Waals surface area contributed by atoms with Crippen LogP contribution in [0.3, 0.4) is 0 Å². The Hall–Kier alpha value is -1.39. The molecule has 2 aliphatic heterocycles. The van der Waals surface area contributed by atoms with Gasteiger partial charge in [0, 0.05) is 24.9 Å². The van der Waals surface area contributed by atoms with Crippen LogP contribution in [0.25, 0.3) is 0 Å². The molecular formula is C15H18NO3. The first-order valence-corrected chi connectivity index (χ1v) is 6.95. The molecule has 0 amide bonds. The molecule has 4 heteroatoms. The van der Waals surface area contributed by atoms with E-state index in [1.54, 1.807) is 12.1 Å². The number of piperidine rings is 2. The SMILES string of the molecule is [O]N1C2CCCC1CC(OC(=O)c1ccccc1)C2. The second-order valence-electron chi connectivity index (χ2n) is 5.46. The molecular weight excluding hydrogens is 242 g/mol. The first-order valence-electron chi connectivity index (χ1n) is 6.95. The van der Waals surface area contributed by atoms with E-state index in [1.807, 2.05) is 18.2 Å². The highest BCUT2D eigenvalue weighted by molar-refractivity contribution is 5.89. The smallest absolute Gasteiger partial charge is 0.338 e. The topological polar surface area (TPSA) is 49.4 Å². The van der Waals surface area contributed by atoms with E-state index in [0.29, 0.717) is 18.4 Å². The molecule has 1 radical (unpaired) electrons. The summed E-state index contributed by atoms with van der Waals surface area (Å²) in [5.41, 5.74) is 0.581. The van der Waals surface area contributed by atoms with Crippen molar-refractivity contribution in [1.82, 2.24) is 5.06 Å². The summed E-state index contributed by atoms with van der Waals surface area (Å²) < 4.78 is 5.56. The van der Waals surface area contributed by atoms with Gasteiger partial charge in [-0.05, 0) is 25.0 Å². The van der Waals surface area contributed by atoms with Crippen molar-refractivity contribution in [3.8, 4) is 0 Å². The number of rotatable bonds is 2. The predicted molar refractivity (Wildman–Crippen MR) is 68.8 cm³/mol. The minimum atomic E-state index is -0.275. The van der Waals surface area contributed by atoms with Crippen molar-refractivity contribution in [1.29, 1.82) is 0 Å². The van der Waals surface area contributed by atoms with Gasteiger partial charge in [-0.25, -0.2) is 4.79 Å². The Labute approximate surface area is 112 Å². The summed E-state index contributed by atoms with van der Waals surface area (Å²) >= 11 is 0. The van der Waals surface area contributed by atoms with Gasteiger partial charge in [0.05, 0.1) is 5.56 Å². The number of fused-ring (bicyclic) bond motifs is 2. The summed E-state index contributed by atoms with van der Waals surface area (Å²) in [4.78, 5) is 12.0. The van der Waals surface area contributed by atoms with Crippen molar-refractivity contribution in [2.45, 2.75) is 50.3 Å². The molecule has 0 saturated carbocycles. The van der Waals surface area contributed by atoms with E-state index in [4.69, 9.17) is 4.74 Å². The molecule has 2 unspecified atom stereocenters. The van der Waals surface area contributed by atoms with Gasteiger partial charge in [0.1, 0.15) is 6.10 Å². The van der Waals surface area contributed by atoms with Gasteiger partial charge < -0.3 is 4.74 Å².